The van der Waals surface area contributed by atoms with Gasteiger partial charge in [-0.1, -0.05) is 6.07 Å². The summed E-state index contributed by atoms with van der Waals surface area (Å²) in [6.45, 7) is 3.30. The molecule has 0 bridgehead atoms. The number of anilines is 2. The van der Waals surface area contributed by atoms with Crippen molar-refractivity contribution in [3.8, 4) is 5.75 Å². The molecule has 2 aromatic carbocycles. The number of nitro benzene ring substituents is 1. The van der Waals surface area contributed by atoms with Crippen molar-refractivity contribution >= 4 is 17.1 Å². The van der Waals surface area contributed by atoms with Crippen LogP contribution in [0.4, 0.5) is 17.1 Å². The predicted octanol–water partition coefficient (Wildman–Crippen LogP) is 2.63. The lowest BCUT2D eigenvalue weighted by molar-refractivity contribution is -0.384. The van der Waals surface area contributed by atoms with Gasteiger partial charge in [0.2, 0.25) is 0 Å². The minimum absolute atomic E-state index is 0.124. The van der Waals surface area contributed by atoms with Crippen molar-refractivity contribution in [1.29, 1.82) is 0 Å². The SMILES string of the molecule is O=[N+]([O-])c1cccc(N2CCN(c3ccc(O)cc3)CC2)c1. The van der Waals surface area contributed by atoms with Crippen LogP contribution in [0.3, 0.4) is 0 Å². The zero-order chi connectivity index (χ0) is 15.5. The third-order valence-electron chi connectivity index (χ3n) is 3.90. The molecule has 0 aromatic heterocycles. The average Bonchev–Trinajstić information content (AvgIpc) is 2.56. The molecule has 1 aliphatic rings. The first-order valence-corrected chi connectivity index (χ1v) is 7.17. The summed E-state index contributed by atoms with van der Waals surface area (Å²) in [5.74, 6) is 0.263. The summed E-state index contributed by atoms with van der Waals surface area (Å²) in [6.07, 6.45) is 0. The number of rotatable bonds is 3. The summed E-state index contributed by atoms with van der Waals surface area (Å²) >= 11 is 0. The maximum Gasteiger partial charge on any atom is 0.271 e. The van der Waals surface area contributed by atoms with E-state index < -0.39 is 0 Å². The third kappa shape index (κ3) is 2.95. The van der Waals surface area contributed by atoms with E-state index in [1.165, 1.54) is 6.07 Å². The van der Waals surface area contributed by atoms with Gasteiger partial charge in [0.25, 0.3) is 5.69 Å². The molecule has 22 heavy (non-hydrogen) atoms. The molecule has 0 atom stereocenters. The van der Waals surface area contributed by atoms with E-state index in [1.54, 1.807) is 24.3 Å². The molecule has 1 aliphatic heterocycles. The molecular formula is C16H17N3O3. The van der Waals surface area contributed by atoms with Crippen LogP contribution >= 0.6 is 0 Å². The standard InChI is InChI=1S/C16H17N3O3/c20-16-6-4-13(5-7-16)17-8-10-18(11-9-17)14-2-1-3-15(12-14)19(21)22/h1-7,12,20H,8-11H2. The van der Waals surface area contributed by atoms with Crippen molar-refractivity contribution < 1.29 is 10.0 Å². The summed E-state index contributed by atoms with van der Waals surface area (Å²) in [4.78, 5) is 14.9. The van der Waals surface area contributed by atoms with Gasteiger partial charge in [0.15, 0.2) is 0 Å². The number of aromatic hydroxyl groups is 1. The third-order valence-corrected chi connectivity index (χ3v) is 3.90. The Hall–Kier alpha value is -2.76. The smallest absolute Gasteiger partial charge is 0.271 e. The molecule has 0 spiro atoms. The first kappa shape index (κ1) is 14.2. The minimum Gasteiger partial charge on any atom is -0.508 e. The molecule has 1 saturated heterocycles. The zero-order valence-electron chi connectivity index (χ0n) is 12.1. The van der Waals surface area contributed by atoms with Gasteiger partial charge in [-0.3, -0.25) is 10.1 Å². The topological polar surface area (TPSA) is 69.9 Å². The van der Waals surface area contributed by atoms with Crippen LogP contribution in [-0.4, -0.2) is 36.2 Å². The number of nitro groups is 1. The van der Waals surface area contributed by atoms with Gasteiger partial charge in [0.05, 0.1) is 4.92 Å². The van der Waals surface area contributed by atoms with E-state index in [-0.39, 0.29) is 16.4 Å². The van der Waals surface area contributed by atoms with Crippen LogP contribution in [-0.2, 0) is 0 Å². The summed E-state index contributed by atoms with van der Waals surface area (Å²) in [5.41, 5.74) is 2.09. The number of benzene rings is 2. The van der Waals surface area contributed by atoms with Crippen LogP contribution in [0.5, 0.6) is 5.75 Å². The quantitative estimate of drug-likeness (QED) is 0.697. The Kier molecular flexibility index (Phi) is 3.82. The van der Waals surface area contributed by atoms with E-state index in [0.717, 1.165) is 37.6 Å². The summed E-state index contributed by atoms with van der Waals surface area (Å²) in [7, 11) is 0. The molecular weight excluding hydrogens is 282 g/mol. The van der Waals surface area contributed by atoms with Gasteiger partial charge < -0.3 is 14.9 Å². The Morgan fingerprint density at radius 3 is 2.09 bits per heavy atom. The number of non-ortho nitro benzene ring substituents is 1. The first-order chi connectivity index (χ1) is 10.6. The van der Waals surface area contributed by atoms with Crippen LogP contribution < -0.4 is 9.80 Å². The maximum absolute atomic E-state index is 10.9. The Morgan fingerprint density at radius 1 is 0.909 bits per heavy atom. The highest BCUT2D eigenvalue weighted by Gasteiger charge is 2.19. The van der Waals surface area contributed by atoms with Crippen LogP contribution in [0, 0.1) is 10.1 Å². The fourth-order valence-corrected chi connectivity index (χ4v) is 2.69. The van der Waals surface area contributed by atoms with Gasteiger partial charge in [-0.15, -0.1) is 0 Å². The molecule has 1 N–H and O–H groups in total. The van der Waals surface area contributed by atoms with Gasteiger partial charge in [-0.25, -0.2) is 0 Å². The highest BCUT2D eigenvalue weighted by molar-refractivity contribution is 5.56. The van der Waals surface area contributed by atoms with Crippen LogP contribution in [0.25, 0.3) is 0 Å². The zero-order valence-corrected chi connectivity index (χ0v) is 12.1. The monoisotopic (exact) mass is 299 g/mol. The van der Waals surface area contributed by atoms with Gasteiger partial charge in [0.1, 0.15) is 5.75 Å². The molecule has 0 aliphatic carbocycles. The van der Waals surface area contributed by atoms with E-state index >= 15 is 0 Å². The highest BCUT2D eigenvalue weighted by Crippen LogP contribution is 2.24. The molecule has 3 rings (SSSR count). The molecule has 2 aromatic rings. The number of nitrogens with zero attached hydrogens (tertiary/aromatic N) is 3. The first-order valence-electron chi connectivity index (χ1n) is 7.17. The molecule has 114 valence electrons. The van der Waals surface area contributed by atoms with Gasteiger partial charge in [-0.2, -0.15) is 0 Å². The van der Waals surface area contributed by atoms with Crippen LogP contribution in [0.1, 0.15) is 0 Å². The van der Waals surface area contributed by atoms with E-state index in [9.17, 15) is 15.2 Å². The molecule has 6 nitrogen and oxygen atoms in total. The lowest BCUT2D eigenvalue weighted by Gasteiger charge is -2.37. The molecule has 1 heterocycles. The normalized spacial score (nSPS) is 14.9. The number of hydrogen-bond acceptors (Lipinski definition) is 5. The lowest BCUT2D eigenvalue weighted by Crippen LogP contribution is -2.46. The Labute approximate surface area is 128 Å². The van der Waals surface area contributed by atoms with Crippen molar-refractivity contribution in [2.24, 2.45) is 0 Å². The van der Waals surface area contributed by atoms with E-state index in [0.29, 0.717) is 0 Å². The van der Waals surface area contributed by atoms with Gasteiger partial charge in [-0.05, 0) is 30.3 Å². The number of phenolic OH excluding ortho intramolecular Hbond substituents is 1. The second-order valence-corrected chi connectivity index (χ2v) is 5.27. The second-order valence-electron chi connectivity index (χ2n) is 5.27. The highest BCUT2D eigenvalue weighted by atomic mass is 16.6. The van der Waals surface area contributed by atoms with Crippen molar-refractivity contribution in [3.05, 3.63) is 58.6 Å². The molecule has 1 fully saturated rings. The predicted molar refractivity (Wildman–Crippen MR) is 85.6 cm³/mol. The van der Waals surface area contributed by atoms with Crippen molar-refractivity contribution in [3.63, 3.8) is 0 Å². The number of phenols is 1. The van der Waals surface area contributed by atoms with Crippen molar-refractivity contribution in [1.82, 2.24) is 0 Å². The van der Waals surface area contributed by atoms with E-state index in [1.807, 2.05) is 18.2 Å². The van der Waals surface area contributed by atoms with Crippen molar-refractivity contribution in [2.45, 2.75) is 0 Å². The summed E-state index contributed by atoms with van der Waals surface area (Å²) in [6, 6.07) is 13.9. The minimum atomic E-state index is -0.365. The lowest BCUT2D eigenvalue weighted by atomic mass is 10.2. The van der Waals surface area contributed by atoms with Gasteiger partial charge >= 0.3 is 0 Å². The molecule has 0 radical (unpaired) electrons. The Morgan fingerprint density at radius 2 is 1.50 bits per heavy atom. The average molecular weight is 299 g/mol. The Bertz CT molecular complexity index is 665. The fraction of sp³-hybridized carbons (Fsp3) is 0.250. The van der Waals surface area contributed by atoms with Crippen LogP contribution in [0.2, 0.25) is 0 Å². The molecule has 6 heteroatoms. The summed E-state index contributed by atoms with van der Waals surface area (Å²) in [5, 5.41) is 20.2. The van der Waals surface area contributed by atoms with E-state index in [4.69, 9.17) is 0 Å². The van der Waals surface area contributed by atoms with Gasteiger partial charge in [0, 0.05) is 49.7 Å². The van der Waals surface area contributed by atoms with E-state index in [2.05, 4.69) is 9.80 Å². The number of piperazine rings is 1. The number of hydrogen-bond donors (Lipinski definition) is 1. The second kappa shape index (κ2) is 5.93. The van der Waals surface area contributed by atoms with Crippen LogP contribution in [0.15, 0.2) is 48.5 Å². The molecule has 0 saturated carbocycles. The largest absolute Gasteiger partial charge is 0.508 e. The van der Waals surface area contributed by atoms with Crippen molar-refractivity contribution in [2.75, 3.05) is 36.0 Å². The summed E-state index contributed by atoms with van der Waals surface area (Å²) < 4.78 is 0. The fourth-order valence-electron chi connectivity index (χ4n) is 2.69. The Balaban J connectivity index is 1.67. The maximum atomic E-state index is 10.9. The molecule has 0 amide bonds. The molecule has 0 unspecified atom stereocenters.